The molecule has 0 amide bonds. The van der Waals surface area contributed by atoms with Gasteiger partial charge < -0.3 is 10.3 Å². The summed E-state index contributed by atoms with van der Waals surface area (Å²) in [6.07, 6.45) is 6.74. The summed E-state index contributed by atoms with van der Waals surface area (Å²) in [4.78, 5) is 4.24. The fraction of sp³-hybridized carbons (Fsp3) is 0.467. The van der Waals surface area contributed by atoms with Crippen LogP contribution < -0.4 is 5.73 Å². The van der Waals surface area contributed by atoms with Gasteiger partial charge in [-0.3, -0.25) is 0 Å². The van der Waals surface area contributed by atoms with E-state index in [1.165, 1.54) is 37.7 Å². The van der Waals surface area contributed by atoms with Gasteiger partial charge in [0.05, 0.1) is 6.54 Å². The van der Waals surface area contributed by atoms with Gasteiger partial charge in [0.25, 0.3) is 0 Å². The molecular weight excluding hydrogens is 238 g/mol. The number of rotatable bonds is 3. The van der Waals surface area contributed by atoms with Gasteiger partial charge >= 0.3 is 0 Å². The lowest BCUT2D eigenvalue weighted by Crippen LogP contribution is -2.04. The molecule has 1 heterocycles. The summed E-state index contributed by atoms with van der Waals surface area (Å²) in [5.74, 6) is 1.83. The quantitative estimate of drug-likeness (QED) is 0.916. The van der Waals surface area contributed by atoms with Gasteiger partial charge in [-0.1, -0.05) is 48.7 Å². The van der Waals surface area contributed by atoms with Gasteiger partial charge in [0.2, 0.25) is 11.7 Å². The smallest absolute Gasteiger partial charge is 0.240 e. The molecule has 0 atom stereocenters. The van der Waals surface area contributed by atoms with Crippen LogP contribution in [0, 0.1) is 0 Å². The molecule has 4 nitrogen and oxygen atoms in total. The Balaban J connectivity index is 1.78. The lowest BCUT2D eigenvalue weighted by Gasteiger charge is -2.21. The highest BCUT2D eigenvalue weighted by Crippen LogP contribution is 2.33. The zero-order valence-corrected chi connectivity index (χ0v) is 11.0. The normalized spacial score (nSPS) is 16.7. The molecule has 1 aliphatic carbocycles. The lowest BCUT2D eigenvalue weighted by molar-refractivity contribution is 0.380. The maximum absolute atomic E-state index is 5.47. The van der Waals surface area contributed by atoms with Crippen molar-refractivity contribution in [1.29, 1.82) is 0 Å². The monoisotopic (exact) mass is 257 g/mol. The molecule has 0 aliphatic heterocycles. The van der Waals surface area contributed by atoms with Crippen LogP contribution in [0.1, 0.15) is 49.5 Å². The van der Waals surface area contributed by atoms with Crippen LogP contribution in [-0.4, -0.2) is 10.1 Å². The van der Waals surface area contributed by atoms with E-state index in [4.69, 9.17) is 10.3 Å². The van der Waals surface area contributed by atoms with E-state index in [9.17, 15) is 0 Å². The summed E-state index contributed by atoms with van der Waals surface area (Å²) in [5, 5.41) is 3.93. The molecule has 0 unspecified atom stereocenters. The second-order valence-electron chi connectivity index (χ2n) is 5.17. The van der Waals surface area contributed by atoms with E-state index >= 15 is 0 Å². The Morgan fingerprint density at radius 2 is 1.84 bits per heavy atom. The first-order chi connectivity index (χ1) is 9.36. The second-order valence-corrected chi connectivity index (χ2v) is 5.17. The van der Waals surface area contributed by atoms with Crippen molar-refractivity contribution in [2.75, 3.05) is 0 Å². The molecule has 1 aromatic heterocycles. The molecule has 0 radical (unpaired) electrons. The third-order valence-corrected chi connectivity index (χ3v) is 3.89. The van der Waals surface area contributed by atoms with E-state index in [0.717, 1.165) is 11.5 Å². The van der Waals surface area contributed by atoms with Crippen molar-refractivity contribution >= 4 is 0 Å². The summed E-state index contributed by atoms with van der Waals surface area (Å²) in [6, 6.07) is 8.55. The molecule has 1 aromatic carbocycles. The number of nitrogens with zero attached hydrogens (tertiary/aromatic N) is 2. The van der Waals surface area contributed by atoms with Crippen molar-refractivity contribution in [3.05, 3.63) is 35.7 Å². The maximum atomic E-state index is 5.47. The van der Waals surface area contributed by atoms with Gasteiger partial charge in [-0.05, 0) is 24.3 Å². The van der Waals surface area contributed by atoms with Crippen molar-refractivity contribution in [2.45, 2.75) is 44.6 Å². The molecule has 19 heavy (non-hydrogen) atoms. The molecule has 100 valence electrons. The zero-order valence-electron chi connectivity index (χ0n) is 11.0. The number of hydrogen-bond acceptors (Lipinski definition) is 4. The first-order valence-corrected chi connectivity index (χ1v) is 7.00. The minimum Gasteiger partial charge on any atom is -0.338 e. The minimum absolute atomic E-state index is 0.285. The van der Waals surface area contributed by atoms with Gasteiger partial charge in [0, 0.05) is 5.56 Å². The Morgan fingerprint density at radius 3 is 2.47 bits per heavy atom. The first kappa shape index (κ1) is 12.4. The van der Waals surface area contributed by atoms with Gasteiger partial charge in [0.15, 0.2) is 0 Å². The predicted octanol–water partition coefficient (Wildman–Crippen LogP) is 3.24. The number of hydrogen-bond donors (Lipinski definition) is 1. The summed E-state index contributed by atoms with van der Waals surface area (Å²) < 4.78 is 5.03. The summed E-state index contributed by atoms with van der Waals surface area (Å²) in [5.41, 5.74) is 7.89. The second kappa shape index (κ2) is 5.53. The Bertz CT molecular complexity index is 527. The van der Waals surface area contributed by atoms with Gasteiger partial charge in [-0.2, -0.15) is 4.98 Å². The maximum Gasteiger partial charge on any atom is 0.240 e. The van der Waals surface area contributed by atoms with E-state index in [1.54, 1.807) is 0 Å². The number of benzene rings is 1. The van der Waals surface area contributed by atoms with E-state index < -0.39 is 0 Å². The Morgan fingerprint density at radius 1 is 1.11 bits per heavy atom. The van der Waals surface area contributed by atoms with Crippen LogP contribution in [0.4, 0.5) is 0 Å². The van der Waals surface area contributed by atoms with E-state index in [1.807, 2.05) is 0 Å². The van der Waals surface area contributed by atoms with E-state index in [-0.39, 0.29) is 6.54 Å². The molecular formula is C15H19N3O. The van der Waals surface area contributed by atoms with Gasteiger partial charge in [0.1, 0.15) is 0 Å². The average Bonchev–Trinajstić information content (AvgIpc) is 2.97. The zero-order chi connectivity index (χ0) is 13.1. The largest absolute Gasteiger partial charge is 0.338 e. The van der Waals surface area contributed by atoms with Gasteiger partial charge in [-0.25, -0.2) is 0 Å². The molecule has 1 aliphatic rings. The Labute approximate surface area is 113 Å². The molecule has 0 saturated heterocycles. The van der Waals surface area contributed by atoms with Gasteiger partial charge in [-0.15, -0.1) is 0 Å². The van der Waals surface area contributed by atoms with Crippen LogP contribution in [0.5, 0.6) is 0 Å². The standard InChI is InChI=1S/C15H19N3O/c16-10-14-17-15(18-19-14)13-8-6-12(7-9-13)11-4-2-1-3-5-11/h6-9,11H,1-5,10,16H2. The molecule has 2 aromatic rings. The highest BCUT2D eigenvalue weighted by Gasteiger charge is 2.15. The van der Waals surface area contributed by atoms with Crippen LogP contribution in [0.2, 0.25) is 0 Å². The minimum atomic E-state index is 0.285. The lowest BCUT2D eigenvalue weighted by atomic mass is 9.84. The van der Waals surface area contributed by atoms with Crippen molar-refractivity contribution in [1.82, 2.24) is 10.1 Å². The van der Waals surface area contributed by atoms with Crippen LogP contribution in [-0.2, 0) is 6.54 Å². The highest BCUT2D eigenvalue weighted by atomic mass is 16.5. The predicted molar refractivity (Wildman–Crippen MR) is 73.5 cm³/mol. The SMILES string of the molecule is NCc1nc(-c2ccc(C3CCCCC3)cc2)no1. The van der Waals surface area contributed by atoms with Crippen LogP contribution in [0.3, 0.4) is 0 Å². The van der Waals surface area contributed by atoms with E-state index in [2.05, 4.69) is 34.4 Å². The summed E-state index contributed by atoms with van der Waals surface area (Å²) in [6.45, 7) is 0.285. The molecule has 0 bridgehead atoms. The molecule has 1 saturated carbocycles. The first-order valence-electron chi connectivity index (χ1n) is 7.00. The number of aromatic nitrogens is 2. The third-order valence-electron chi connectivity index (χ3n) is 3.89. The highest BCUT2D eigenvalue weighted by molar-refractivity contribution is 5.54. The van der Waals surface area contributed by atoms with Crippen molar-refractivity contribution in [3.8, 4) is 11.4 Å². The fourth-order valence-electron chi connectivity index (χ4n) is 2.80. The van der Waals surface area contributed by atoms with E-state index in [0.29, 0.717) is 11.7 Å². The third kappa shape index (κ3) is 2.68. The van der Waals surface area contributed by atoms with Crippen molar-refractivity contribution < 1.29 is 4.52 Å². The topological polar surface area (TPSA) is 64.9 Å². The summed E-state index contributed by atoms with van der Waals surface area (Å²) in [7, 11) is 0. The van der Waals surface area contributed by atoms with Crippen molar-refractivity contribution in [3.63, 3.8) is 0 Å². The van der Waals surface area contributed by atoms with Crippen molar-refractivity contribution in [2.24, 2.45) is 5.73 Å². The fourth-order valence-corrected chi connectivity index (χ4v) is 2.80. The Kier molecular flexibility index (Phi) is 3.60. The van der Waals surface area contributed by atoms with Crippen LogP contribution >= 0.6 is 0 Å². The summed E-state index contributed by atoms with van der Waals surface area (Å²) >= 11 is 0. The molecule has 2 N–H and O–H groups in total. The van der Waals surface area contributed by atoms with Crippen LogP contribution in [0.15, 0.2) is 28.8 Å². The Hall–Kier alpha value is -1.68. The molecule has 0 spiro atoms. The molecule has 4 heteroatoms. The molecule has 3 rings (SSSR count). The van der Waals surface area contributed by atoms with Crippen LogP contribution in [0.25, 0.3) is 11.4 Å². The average molecular weight is 257 g/mol. The number of nitrogens with two attached hydrogens (primary N) is 1. The molecule has 1 fully saturated rings.